The first-order valence-electron chi connectivity index (χ1n) is 22.5. The van der Waals surface area contributed by atoms with E-state index in [1.54, 1.807) is 0 Å². The molecular formula is C57H48N4O. The topological polar surface area (TPSA) is 33.5 Å². The molecule has 0 saturated heterocycles. The van der Waals surface area contributed by atoms with Crippen LogP contribution in [-0.4, -0.2) is 23.3 Å². The van der Waals surface area contributed by atoms with Crippen molar-refractivity contribution in [1.82, 2.24) is 9.55 Å². The van der Waals surface area contributed by atoms with Crippen molar-refractivity contribution in [3.05, 3.63) is 187 Å². The average molecular weight is 805 g/mol. The zero-order valence-corrected chi connectivity index (χ0v) is 35.0. The molecule has 5 heteroatoms. The van der Waals surface area contributed by atoms with Gasteiger partial charge in [0, 0.05) is 47.3 Å². The Morgan fingerprint density at radius 3 is 2.10 bits per heavy atom. The van der Waals surface area contributed by atoms with Gasteiger partial charge in [0.1, 0.15) is 17.3 Å². The van der Waals surface area contributed by atoms with E-state index in [2.05, 4.69) is 197 Å². The van der Waals surface area contributed by atoms with Crippen molar-refractivity contribution >= 4 is 49.6 Å². The molecule has 62 heavy (non-hydrogen) atoms. The number of fused-ring (bicyclic) bond motifs is 5. The summed E-state index contributed by atoms with van der Waals surface area (Å²) in [5.41, 5.74) is 10.9. The molecule has 14 rings (SSSR count). The Hall–Kier alpha value is -6.85. The van der Waals surface area contributed by atoms with Gasteiger partial charge >= 0.3 is 0 Å². The molecule has 0 N–H and O–H groups in total. The lowest BCUT2D eigenvalue weighted by molar-refractivity contribution is -0.0412. The molecule has 0 radical (unpaired) electrons. The van der Waals surface area contributed by atoms with Crippen LogP contribution >= 0.6 is 0 Å². The Morgan fingerprint density at radius 2 is 1.26 bits per heavy atom. The van der Waals surface area contributed by atoms with Gasteiger partial charge in [0.05, 0.1) is 29.1 Å². The maximum Gasteiger partial charge on any atom is 0.137 e. The highest BCUT2D eigenvalue weighted by molar-refractivity contribution is 6.09. The van der Waals surface area contributed by atoms with E-state index in [0.29, 0.717) is 11.8 Å². The smallest absolute Gasteiger partial charge is 0.137 e. The third-order valence-electron chi connectivity index (χ3n) is 15.2. The van der Waals surface area contributed by atoms with Gasteiger partial charge in [-0.2, -0.15) is 0 Å². The van der Waals surface area contributed by atoms with Crippen LogP contribution in [0.1, 0.15) is 43.2 Å². The van der Waals surface area contributed by atoms with Gasteiger partial charge in [-0.05, 0) is 143 Å². The van der Waals surface area contributed by atoms with Crippen molar-refractivity contribution in [1.29, 1.82) is 0 Å². The van der Waals surface area contributed by atoms with Gasteiger partial charge in [-0.25, -0.2) is 4.98 Å². The minimum Gasteiger partial charge on any atom is -0.457 e. The summed E-state index contributed by atoms with van der Waals surface area (Å²) in [5.74, 6) is 5.50. The number of nitrogens with zero attached hydrogens (tertiary/aromatic N) is 4. The fraction of sp³-hybridized carbons (Fsp3) is 0.211. The van der Waals surface area contributed by atoms with Crippen LogP contribution < -0.4 is 14.5 Å². The second-order valence-corrected chi connectivity index (χ2v) is 18.6. The van der Waals surface area contributed by atoms with Gasteiger partial charge in [0.25, 0.3) is 0 Å². The Morgan fingerprint density at radius 1 is 0.548 bits per heavy atom. The molecule has 302 valence electrons. The molecule has 0 amide bonds. The van der Waals surface area contributed by atoms with Gasteiger partial charge in [-0.3, -0.25) is 4.57 Å². The van der Waals surface area contributed by atoms with E-state index in [4.69, 9.17) is 9.72 Å². The molecule has 0 spiro atoms. The predicted molar refractivity (Wildman–Crippen MR) is 254 cm³/mol. The molecule has 0 atom stereocenters. The third-order valence-corrected chi connectivity index (χ3v) is 15.2. The van der Waals surface area contributed by atoms with Crippen LogP contribution in [0, 0.1) is 23.7 Å². The first kappa shape index (κ1) is 35.9. The van der Waals surface area contributed by atoms with Crippen molar-refractivity contribution in [3.8, 4) is 28.4 Å². The van der Waals surface area contributed by atoms with Gasteiger partial charge in [-0.15, -0.1) is 0 Å². The van der Waals surface area contributed by atoms with Gasteiger partial charge < -0.3 is 14.5 Å². The average Bonchev–Trinajstić information content (AvgIpc) is 3.83. The van der Waals surface area contributed by atoms with Crippen LogP contribution in [0.5, 0.6) is 11.5 Å². The number of anilines is 3. The zero-order valence-electron chi connectivity index (χ0n) is 35.0. The molecular weight excluding hydrogens is 757 g/mol. The number of hydrogen-bond donors (Lipinski definition) is 0. The molecule has 4 bridgehead atoms. The highest BCUT2D eigenvalue weighted by atomic mass is 16.5. The largest absolute Gasteiger partial charge is 0.457 e. The maximum atomic E-state index is 6.97. The molecule has 1 aliphatic heterocycles. The summed E-state index contributed by atoms with van der Waals surface area (Å²) >= 11 is 0. The standard InChI is InChI=1S/C57H48N4O/c1-59-36-60(54-21-10-9-20-53(54)59)45-31-41(39-12-3-2-4-13-39)32-47(34-45)62-46-22-23-50-49-17-7-8-19-52(49)61(55(50)35-46)56-33-42(24-25-58-56)57(43-27-37-26-38(29-43)30-44(57)28-37)51-18-11-15-40-14-5-6-16-48(40)51/h2-25,31-35,37-38,43-44H,26-30,36H2,1H3. The quantitative estimate of drug-likeness (QED) is 0.161. The predicted octanol–water partition coefficient (Wildman–Crippen LogP) is 14.1. The molecule has 4 saturated carbocycles. The van der Waals surface area contributed by atoms with E-state index in [1.807, 2.05) is 0 Å². The first-order valence-corrected chi connectivity index (χ1v) is 22.5. The molecule has 7 aromatic carbocycles. The minimum absolute atomic E-state index is 0.0643. The molecule has 5 nitrogen and oxygen atoms in total. The summed E-state index contributed by atoms with van der Waals surface area (Å²) in [7, 11) is 2.16. The molecule has 4 fully saturated rings. The van der Waals surface area contributed by atoms with Crippen LogP contribution in [0.2, 0.25) is 0 Å². The summed E-state index contributed by atoms with van der Waals surface area (Å²) in [6.45, 7) is 0.763. The Labute approximate surface area is 362 Å². The summed E-state index contributed by atoms with van der Waals surface area (Å²) in [4.78, 5) is 9.91. The van der Waals surface area contributed by atoms with Crippen LogP contribution in [-0.2, 0) is 5.41 Å². The fourth-order valence-corrected chi connectivity index (χ4v) is 13.0. The number of ether oxygens (including phenoxy) is 1. The van der Waals surface area contributed by atoms with Gasteiger partial charge in [-0.1, -0.05) is 103 Å². The van der Waals surface area contributed by atoms with Gasteiger partial charge in [0.2, 0.25) is 0 Å². The lowest BCUT2D eigenvalue weighted by atomic mass is 9.42. The normalized spacial score (nSPS) is 22.5. The fourth-order valence-electron chi connectivity index (χ4n) is 13.0. The van der Waals surface area contributed by atoms with Crippen LogP contribution in [0.15, 0.2) is 176 Å². The summed E-state index contributed by atoms with van der Waals surface area (Å²) in [6.07, 6.45) is 8.79. The third kappa shape index (κ3) is 5.43. The highest BCUT2D eigenvalue weighted by Gasteiger charge is 2.59. The molecule has 2 aromatic heterocycles. The van der Waals surface area contributed by atoms with Crippen molar-refractivity contribution < 1.29 is 4.74 Å². The van der Waals surface area contributed by atoms with E-state index in [-0.39, 0.29) is 5.41 Å². The summed E-state index contributed by atoms with van der Waals surface area (Å²) in [6, 6.07) is 62.2. The van der Waals surface area contributed by atoms with Gasteiger partial charge in [0.15, 0.2) is 0 Å². The van der Waals surface area contributed by atoms with Crippen LogP contribution in [0.4, 0.5) is 17.1 Å². The van der Waals surface area contributed by atoms with E-state index < -0.39 is 0 Å². The number of hydrogen-bond acceptors (Lipinski definition) is 4. The minimum atomic E-state index is -0.0643. The Bertz CT molecular complexity index is 3170. The van der Waals surface area contributed by atoms with Crippen LogP contribution in [0.25, 0.3) is 49.5 Å². The second kappa shape index (κ2) is 13.8. The number of aromatic nitrogens is 2. The Balaban J connectivity index is 0.955. The monoisotopic (exact) mass is 804 g/mol. The van der Waals surface area contributed by atoms with Crippen LogP contribution in [0.3, 0.4) is 0 Å². The number of rotatable bonds is 7. The lowest BCUT2D eigenvalue weighted by Crippen LogP contribution is -2.56. The molecule has 4 aliphatic carbocycles. The Kier molecular flexibility index (Phi) is 8.00. The zero-order chi connectivity index (χ0) is 40.9. The highest BCUT2D eigenvalue weighted by Crippen LogP contribution is 2.66. The van der Waals surface area contributed by atoms with Crippen molar-refractivity contribution in [2.75, 3.05) is 23.5 Å². The molecule has 3 heterocycles. The summed E-state index contributed by atoms with van der Waals surface area (Å²) in [5, 5.41) is 5.14. The van der Waals surface area contributed by atoms with Crippen molar-refractivity contribution in [2.24, 2.45) is 23.7 Å². The van der Waals surface area contributed by atoms with E-state index in [1.165, 1.54) is 76.2 Å². The van der Waals surface area contributed by atoms with Crippen molar-refractivity contribution in [2.45, 2.75) is 37.5 Å². The van der Waals surface area contributed by atoms with Crippen molar-refractivity contribution in [3.63, 3.8) is 0 Å². The summed E-state index contributed by atoms with van der Waals surface area (Å²) < 4.78 is 9.36. The van der Waals surface area contributed by atoms with E-state index in [0.717, 1.165) is 63.7 Å². The molecule has 5 aliphatic rings. The van der Waals surface area contributed by atoms with E-state index >= 15 is 0 Å². The lowest BCUT2D eigenvalue weighted by Gasteiger charge is -2.62. The number of para-hydroxylation sites is 3. The molecule has 0 unspecified atom stereocenters. The molecule has 9 aromatic rings. The SMILES string of the molecule is CN1CN(c2cc(Oc3ccc4c5ccccc5n(-c5cc(C6(c7cccc8ccccc78)C7CC8CC(C7)CC6C8)ccn5)c4c3)cc(-c3ccccc3)c2)c2ccccc21. The number of benzene rings is 7. The first-order chi connectivity index (χ1) is 30.6. The number of pyridine rings is 1. The second-order valence-electron chi connectivity index (χ2n) is 18.6. The van der Waals surface area contributed by atoms with E-state index in [9.17, 15) is 0 Å². The maximum absolute atomic E-state index is 6.97.